The van der Waals surface area contributed by atoms with E-state index in [4.69, 9.17) is 9.47 Å². The molecule has 2 amide bonds. The lowest BCUT2D eigenvalue weighted by Gasteiger charge is -2.43. The van der Waals surface area contributed by atoms with Gasteiger partial charge in [0.05, 0.1) is 12.1 Å². The fraction of sp³-hybridized carbons (Fsp3) is 0.349. The molecule has 2 fully saturated rings. The number of benzene rings is 4. The molecular formula is C43H52Br2N2O5. The van der Waals surface area contributed by atoms with Crippen molar-refractivity contribution in [1.29, 1.82) is 0 Å². The van der Waals surface area contributed by atoms with Crippen LogP contribution in [0.15, 0.2) is 131 Å². The van der Waals surface area contributed by atoms with Crippen molar-refractivity contribution in [3.8, 4) is 0 Å². The molecule has 0 unspecified atom stereocenters. The molecule has 7 nitrogen and oxygen atoms in total. The molecule has 1 N–H and O–H groups in total. The molecule has 6 rings (SSSR count). The summed E-state index contributed by atoms with van der Waals surface area (Å²) in [7, 11) is 0. The molecule has 4 atom stereocenters. The highest BCUT2D eigenvalue weighted by Gasteiger charge is 2.44. The Balaban J connectivity index is 0.000000270. The highest BCUT2D eigenvalue weighted by molar-refractivity contribution is 9.10. The minimum atomic E-state index is -0.747. The largest absolute Gasteiger partial charge is 0.438 e. The van der Waals surface area contributed by atoms with E-state index in [9.17, 15) is 14.7 Å². The second kappa shape index (κ2) is 19.2. The SMILES string of the molecule is C.C.C=CC[C@]1(c2ccccc2)CCN([C@@H](C)c2ccc(Br)cc2)C(=O)O1.C[C@@H](c1ccc(Br)cc1)N1CC[C@](CCO)(c2ccccc2)OC1=O. The molecule has 2 saturated heterocycles. The number of rotatable bonds is 10. The van der Waals surface area contributed by atoms with Gasteiger partial charge in [-0.15, -0.1) is 6.58 Å². The average Bonchev–Trinajstić information content (AvgIpc) is 3.13. The van der Waals surface area contributed by atoms with Gasteiger partial charge in [0.25, 0.3) is 0 Å². The molecule has 0 aromatic heterocycles. The van der Waals surface area contributed by atoms with E-state index in [0.29, 0.717) is 32.4 Å². The van der Waals surface area contributed by atoms with Crippen LogP contribution in [0.2, 0.25) is 0 Å². The average molecular weight is 837 g/mol. The molecule has 4 aromatic carbocycles. The van der Waals surface area contributed by atoms with Gasteiger partial charge in [0.1, 0.15) is 11.2 Å². The van der Waals surface area contributed by atoms with Crippen molar-refractivity contribution in [2.75, 3.05) is 19.7 Å². The number of aliphatic hydroxyl groups is 1. The van der Waals surface area contributed by atoms with Gasteiger partial charge in [-0.1, -0.05) is 138 Å². The van der Waals surface area contributed by atoms with Crippen LogP contribution in [0.5, 0.6) is 0 Å². The second-order valence-corrected chi connectivity index (χ2v) is 14.6. The van der Waals surface area contributed by atoms with Crippen LogP contribution in [0.4, 0.5) is 9.59 Å². The summed E-state index contributed by atoms with van der Waals surface area (Å²) in [5.41, 5.74) is 2.76. The maximum atomic E-state index is 12.8. The third kappa shape index (κ3) is 9.73. The second-order valence-electron chi connectivity index (χ2n) is 12.8. The molecule has 52 heavy (non-hydrogen) atoms. The molecule has 9 heteroatoms. The molecule has 2 heterocycles. The maximum Gasteiger partial charge on any atom is 0.411 e. The van der Waals surface area contributed by atoms with Gasteiger partial charge >= 0.3 is 12.2 Å². The first kappa shape index (κ1) is 42.5. The van der Waals surface area contributed by atoms with Crippen LogP contribution in [-0.4, -0.2) is 46.8 Å². The van der Waals surface area contributed by atoms with E-state index in [1.54, 1.807) is 9.80 Å². The highest BCUT2D eigenvalue weighted by atomic mass is 79.9. The van der Waals surface area contributed by atoms with E-state index in [1.165, 1.54) is 0 Å². The zero-order valence-corrected chi connectivity index (χ0v) is 31.7. The molecule has 0 spiro atoms. The van der Waals surface area contributed by atoms with Gasteiger partial charge in [0.15, 0.2) is 0 Å². The number of carbonyl (C=O) groups is 2. The number of nitrogens with zero attached hydrogens (tertiary/aromatic N) is 2. The fourth-order valence-electron chi connectivity index (χ4n) is 6.77. The summed E-state index contributed by atoms with van der Waals surface area (Å²) in [6.07, 6.45) is 3.65. The Morgan fingerprint density at radius 3 is 1.46 bits per heavy atom. The predicted octanol–water partition coefficient (Wildman–Crippen LogP) is 11.7. The molecule has 0 saturated carbocycles. The standard InChI is InChI=1S/C21H22BrNO2.C20H22BrNO3.2CH4/c1-3-13-21(18-7-5-4-6-8-18)14-15-23(20(24)25-21)16(2)17-9-11-19(22)12-10-17;1-15(16-7-9-18(21)10-8-16)22-13-11-20(12-14-23,25-19(22)24)17-5-3-2-4-6-17;;/h3-12,16H,1,13-15H2,2H3;2-10,15,23H,11-14H2,1H3;2*1H4/t16-,21+;15-,20-;;/m00../s1. The summed E-state index contributed by atoms with van der Waals surface area (Å²) in [6.45, 7) is 9.11. The van der Waals surface area contributed by atoms with Crippen LogP contribution in [-0.2, 0) is 20.7 Å². The number of carbonyl (C=O) groups excluding carboxylic acids is 2. The fourth-order valence-corrected chi connectivity index (χ4v) is 7.30. The van der Waals surface area contributed by atoms with E-state index in [2.05, 4.69) is 38.4 Å². The third-order valence-corrected chi connectivity index (χ3v) is 10.8. The summed E-state index contributed by atoms with van der Waals surface area (Å²) in [4.78, 5) is 29.1. The summed E-state index contributed by atoms with van der Waals surface area (Å²) < 4.78 is 13.9. The number of hydrogen-bond donors (Lipinski definition) is 1. The number of aliphatic hydroxyl groups excluding tert-OH is 1. The summed E-state index contributed by atoms with van der Waals surface area (Å²) in [5, 5.41) is 9.50. The Bertz CT molecular complexity index is 1720. The first-order valence-electron chi connectivity index (χ1n) is 16.9. The lowest BCUT2D eigenvalue weighted by Crippen LogP contribution is -2.49. The normalized spacial score (nSPS) is 20.8. The van der Waals surface area contributed by atoms with Crippen LogP contribution in [0.3, 0.4) is 0 Å². The molecule has 0 radical (unpaired) electrons. The lowest BCUT2D eigenvalue weighted by atomic mass is 9.85. The Labute approximate surface area is 326 Å². The van der Waals surface area contributed by atoms with E-state index < -0.39 is 11.2 Å². The van der Waals surface area contributed by atoms with Gasteiger partial charge in [-0.2, -0.15) is 0 Å². The van der Waals surface area contributed by atoms with E-state index in [1.807, 2.05) is 129 Å². The van der Waals surface area contributed by atoms with Crippen molar-refractivity contribution in [2.24, 2.45) is 0 Å². The molecule has 0 bridgehead atoms. The van der Waals surface area contributed by atoms with Gasteiger partial charge < -0.3 is 24.4 Å². The van der Waals surface area contributed by atoms with E-state index in [-0.39, 0.29) is 45.7 Å². The number of hydrogen-bond acceptors (Lipinski definition) is 5. The number of amides is 2. The van der Waals surface area contributed by atoms with Gasteiger partial charge in [0, 0.05) is 54.3 Å². The zero-order valence-electron chi connectivity index (χ0n) is 28.5. The van der Waals surface area contributed by atoms with Crippen LogP contribution >= 0.6 is 31.9 Å². The topological polar surface area (TPSA) is 79.3 Å². The zero-order chi connectivity index (χ0) is 35.7. The Hall–Kier alpha value is -3.92. The van der Waals surface area contributed by atoms with Crippen LogP contribution in [0.1, 0.15) is 88.7 Å². The van der Waals surface area contributed by atoms with Crippen LogP contribution in [0, 0.1) is 0 Å². The van der Waals surface area contributed by atoms with E-state index >= 15 is 0 Å². The van der Waals surface area contributed by atoms with Crippen molar-refractivity contribution < 1.29 is 24.2 Å². The maximum absolute atomic E-state index is 12.8. The summed E-state index contributed by atoms with van der Waals surface area (Å²) in [6, 6.07) is 35.6. The molecule has 0 aliphatic carbocycles. The molecule has 2 aliphatic rings. The van der Waals surface area contributed by atoms with Gasteiger partial charge in [-0.25, -0.2) is 9.59 Å². The first-order chi connectivity index (χ1) is 24.1. The smallest absolute Gasteiger partial charge is 0.411 e. The molecular weight excluding hydrogens is 784 g/mol. The molecule has 4 aromatic rings. The van der Waals surface area contributed by atoms with Crippen molar-refractivity contribution in [1.82, 2.24) is 9.80 Å². The monoisotopic (exact) mass is 834 g/mol. The number of ether oxygens (including phenoxy) is 2. The van der Waals surface area contributed by atoms with Crippen LogP contribution < -0.4 is 0 Å². The number of halogens is 2. The summed E-state index contributed by atoms with van der Waals surface area (Å²) in [5.74, 6) is 0. The Morgan fingerprint density at radius 1 is 0.692 bits per heavy atom. The van der Waals surface area contributed by atoms with Gasteiger partial charge in [-0.05, 0) is 60.4 Å². The first-order valence-corrected chi connectivity index (χ1v) is 18.5. The molecule has 2 aliphatic heterocycles. The lowest BCUT2D eigenvalue weighted by molar-refractivity contribution is -0.0718. The number of cyclic esters (lactones) is 2. The van der Waals surface area contributed by atoms with Crippen molar-refractivity contribution >= 4 is 44.0 Å². The Morgan fingerprint density at radius 2 is 1.08 bits per heavy atom. The Kier molecular flexibility index (Phi) is 15.7. The van der Waals surface area contributed by atoms with Crippen molar-refractivity contribution in [3.05, 3.63) is 153 Å². The van der Waals surface area contributed by atoms with Gasteiger partial charge in [0.2, 0.25) is 0 Å². The highest BCUT2D eigenvalue weighted by Crippen LogP contribution is 2.41. The van der Waals surface area contributed by atoms with E-state index in [0.717, 1.165) is 37.6 Å². The minimum absolute atomic E-state index is 0. The third-order valence-electron chi connectivity index (χ3n) is 9.78. The van der Waals surface area contributed by atoms with Crippen molar-refractivity contribution in [2.45, 2.75) is 77.7 Å². The van der Waals surface area contributed by atoms with Crippen molar-refractivity contribution in [3.63, 3.8) is 0 Å². The van der Waals surface area contributed by atoms with Gasteiger partial charge in [-0.3, -0.25) is 0 Å². The molecule has 278 valence electrons. The minimum Gasteiger partial charge on any atom is -0.438 e. The predicted molar refractivity (Wildman–Crippen MR) is 217 cm³/mol. The quantitative estimate of drug-likeness (QED) is 0.161. The van der Waals surface area contributed by atoms with Crippen LogP contribution in [0.25, 0.3) is 0 Å². The summed E-state index contributed by atoms with van der Waals surface area (Å²) >= 11 is 6.88.